The summed E-state index contributed by atoms with van der Waals surface area (Å²) in [6.45, 7) is -0.796. The fourth-order valence-corrected chi connectivity index (χ4v) is 2.09. The number of hydrazone groups is 1. The largest absolute Gasteiger partial charge is 0.493 e. The highest BCUT2D eigenvalue weighted by Crippen LogP contribution is 2.33. The van der Waals surface area contributed by atoms with E-state index in [4.69, 9.17) is 9.47 Å². The summed E-state index contributed by atoms with van der Waals surface area (Å²) in [6, 6.07) is 6.23. The van der Waals surface area contributed by atoms with Gasteiger partial charge in [0.1, 0.15) is 5.71 Å². The van der Waals surface area contributed by atoms with Crippen LogP contribution in [0.5, 0.6) is 11.5 Å². The highest BCUT2D eigenvalue weighted by molar-refractivity contribution is 5.93. The Balaban J connectivity index is 2.14. The van der Waals surface area contributed by atoms with Gasteiger partial charge in [-0.15, -0.1) is 0 Å². The van der Waals surface area contributed by atoms with Crippen molar-refractivity contribution in [2.24, 2.45) is 5.10 Å². The van der Waals surface area contributed by atoms with Crippen LogP contribution >= 0.6 is 0 Å². The molecule has 10 heteroatoms. The van der Waals surface area contributed by atoms with Crippen LogP contribution in [0.1, 0.15) is 6.42 Å². The quantitative estimate of drug-likeness (QED) is 0.796. The van der Waals surface area contributed by atoms with Gasteiger partial charge in [0.15, 0.2) is 18.1 Å². The van der Waals surface area contributed by atoms with Gasteiger partial charge in [0.25, 0.3) is 18.8 Å². The molecule has 0 saturated carbocycles. The number of aliphatic hydroxyl groups is 1. The van der Waals surface area contributed by atoms with Crippen LogP contribution in [0.15, 0.2) is 29.4 Å². The van der Waals surface area contributed by atoms with Crippen molar-refractivity contribution in [3.05, 3.63) is 24.3 Å². The standard InChI is InChI=1S/C14H14F4N2O4/c1-23-9-4-2-3-5-10(9)24-7-11(21)20-14(22,13(17)18)6-8(19-20)12(15)16/h2-5,12-13,22H,6-7H2,1H3/t14-/m0/s1. The van der Waals surface area contributed by atoms with Crippen molar-refractivity contribution >= 4 is 11.6 Å². The van der Waals surface area contributed by atoms with E-state index in [0.29, 0.717) is 0 Å². The topological polar surface area (TPSA) is 71.4 Å². The summed E-state index contributed by atoms with van der Waals surface area (Å²) in [7, 11) is 1.36. The lowest BCUT2D eigenvalue weighted by atomic mass is 10.1. The minimum atomic E-state index is -3.48. The number of amides is 1. The molecule has 1 N–H and O–H groups in total. The average Bonchev–Trinajstić information content (AvgIpc) is 2.92. The molecule has 1 aliphatic rings. The third kappa shape index (κ3) is 3.42. The number of para-hydroxylation sites is 2. The predicted molar refractivity (Wildman–Crippen MR) is 74.3 cm³/mol. The van der Waals surface area contributed by atoms with Crippen LogP contribution in [-0.2, 0) is 4.79 Å². The molecule has 0 radical (unpaired) electrons. The molecule has 1 aromatic rings. The number of hydrogen-bond acceptors (Lipinski definition) is 5. The molecular formula is C14H14F4N2O4. The number of carbonyl (C=O) groups is 1. The van der Waals surface area contributed by atoms with E-state index in [0.717, 1.165) is 0 Å². The SMILES string of the molecule is COc1ccccc1OCC(=O)N1N=C(C(F)F)C[C@]1(O)C(F)F. The second kappa shape index (κ2) is 7.04. The van der Waals surface area contributed by atoms with Crippen molar-refractivity contribution in [2.45, 2.75) is 25.0 Å². The molecule has 0 unspecified atom stereocenters. The van der Waals surface area contributed by atoms with Gasteiger partial charge in [0.05, 0.1) is 7.11 Å². The zero-order chi connectivity index (χ0) is 17.9. The van der Waals surface area contributed by atoms with Crippen LogP contribution < -0.4 is 9.47 Å². The van der Waals surface area contributed by atoms with E-state index in [1.807, 2.05) is 0 Å². The van der Waals surface area contributed by atoms with Gasteiger partial charge in [-0.1, -0.05) is 12.1 Å². The van der Waals surface area contributed by atoms with Crippen molar-refractivity contribution in [3.63, 3.8) is 0 Å². The van der Waals surface area contributed by atoms with E-state index >= 15 is 0 Å². The lowest BCUT2D eigenvalue weighted by Gasteiger charge is -2.29. The molecule has 1 aliphatic heterocycles. The molecule has 0 spiro atoms. The molecule has 6 nitrogen and oxygen atoms in total. The number of rotatable bonds is 6. The third-order valence-electron chi connectivity index (χ3n) is 3.29. The smallest absolute Gasteiger partial charge is 0.287 e. The van der Waals surface area contributed by atoms with E-state index in [1.54, 1.807) is 12.1 Å². The summed E-state index contributed by atoms with van der Waals surface area (Å²) in [5.74, 6) is -0.766. The van der Waals surface area contributed by atoms with Gasteiger partial charge in [0, 0.05) is 6.42 Å². The van der Waals surface area contributed by atoms with Gasteiger partial charge < -0.3 is 14.6 Å². The number of nitrogens with zero attached hydrogens (tertiary/aromatic N) is 2. The Morgan fingerprint density at radius 3 is 2.50 bits per heavy atom. The van der Waals surface area contributed by atoms with Crippen LogP contribution in [0.4, 0.5) is 17.6 Å². The Kier molecular flexibility index (Phi) is 5.27. The Morgan fingerprint density at radius 2 is 1.96 bits per heavy atom. The van der Waals surface area contributed by atoms with Crippen LogP contribution in [0.2, 0.25) is 0 Å². The maximum Gasteiger partial charge on any atom is 0.287 e. The highest BCUT2D eigenvalue weighted by atomic mass is 19.3. The number of benzene rings is 1. The zero-order valence-electron chi connectivity index (χ0n) is 12.5. The minimum Gasteiger partial charge on any atom is -0.493 e. The lowest BCUT2D eigenvalue weighted by Crippen LogP contribution is -2.52. The number of halogens is 4. The second-order valence-corrected chi connectivity index (χ2v) is 4.89. The van der Waals surface area contributed by atoms with Gasteiger partial charge in [0.2, 0.25) is 5.72 Å². The summed E-state index contributed by atoms with van der Waals surface area (Å²) in [5.41, 5.74) is -4.11. The van der Waals surface area contributed by atoms with Gasteiger partial charge in [-0.3, -0.25) is 4.79 Å². The van der Waals surface area contributed by atoms with Crippen molar-refractivity contribution in [1.29, 1.82) is 0 Å². The first-order valence-corrected chi connectivity index (χ1v) is 6.74. The van der Waals surface area contributed by atoms with Crippen molar-refractivity contribution in [3.8, 4) is 11.5 Å². The normalized spacial score (nSPS) is 20.5. The molecular weight excluding hydrogens is 336 g/mol. The van der Waals surface area contributed by atoms with Crippen molar-refractivity contribution < 1.29 is 36.9 Å². The maximum atomic E-state index is 13.0. The first-order chi connectivity index (χ1) is 11.3. The Labute approximate surface area is 134 Å². The van der Waals surface area contributed by atoms with E-state index < -0.39 is 43.2 Å². The molecule has 24 heavy (non-hydrogen) atoms. The van der Waals surface area contributed by atoms with Gasteiger partial charge in [-0.25, -0.2) is 17.6 Å². The van der Waals surface area contributed by atoms with Crippen molar-refractivity contribution in [2.75, 3.05) is 13.7 Å². The molecule has 0 aromatic heterocycles. The monoisotopic (exact) mass is 350 g/mol. The maximum absolute atomic E-state index is 13.0. The van der Waals surface area contributed by atoms with Crippen LogP contribution in [0, 0.1) is 0 Å². The van der Waals surface area contributed by atoms with Crippen molar-refractivity contribution in [1.82, 2.24) is 5.01 Å². The van der Waals surface area contributed by atoms with Gasteiger partial charge in [-0.2, -0.15) is 10.1 Å². The first-order valence-electron chi connectivity index (χ1n) is 6.74. The summed E-state index contributed by atoms with van der Waals surface area (Å²) in [5, 5.41) is 12.9. The molecule has 0 saturated heterocycles. The summed E-state index contributed by atoms with van der Waals surface area (Å²) in [4.78, 5) is 12.0. The number of hydrogen-bond donors (Lipinski definition) is 1. The summed E-state index contributed by atoms with van der Waals surface area (Å²) in [6.07, 6.45) is -7.78. The molecule has 0 fully saturated rings. The Morgan fingerprint density at radius 1 is 1.33 bits per heavy atom. The molecule has 1 aromatic carbocycles. The van der Waals surface area contributed by atoms with E-state index in [-0.39, 0.29) is 16.5 Å². The van der Waals surface area contributed by atoms with Gasteiger partial charge in [-0.05, 0) is 12.1 Å². The molecule has 1 amide bonds. The first kappa shape index (κ1) is 18.0. The molecule has 132 valence electrons. The molecule has 1 atom stereocenters. The number of methoxy groups -OCH3 is 1. The third-order valence-corrected chi connectivity index (χ3v) is 3.29. The fraction of sp³-hybridized carbons (Fsp3) is 0.429. The van der Waals surface area contributed by atoms with E-state index in [9.17, 15) is 27.5 Å². The number of ether oxygens (including phenoxy) is 2. The van der Waals surface area contributed by atoms with Crippen LogP contribution in [0.3, 0.4) is 0 Å². The number of alkyl halides is 4. The van der Waals surface area contributed by atoms with E-state index in [2.05, 4.69) is 5.10 Å². The lowest BCUT2D eigenvalue weighted by molar-refractivity contribution is -0.193. The molecule has 0 bridgehead atoms. The van der Waals surface area contributed by atoms with Crippen LogP contribution in [-0.4, -0.2) is 54.0 Å². The molecule has 0 aliphatic carbocycles. The predicted octanol–water partition coefficient (Wildman–Crippen LogP) is 1.88. The Bertz CT molecular complexity index is 641. The fourth-order valence-electron chi connectivity index (χ4n) is 2.09. The average molecular weight is 350 g/mol. The summed E-state index contributed by atoms with van der Waals surface area (Å²) >= 11 is 0. The summed E-state index contributed by atoms with van der Waals surface area (Å²) < 4.78 is 61.5. The number of carbonyl (C=O) groups excluding carboxylic acids is 1. The second-order valence-electron chi connectivity index (χ2n) is 4.89. The zero-order valence-corrected chi connectivity index (χ0v) is 12.5. The Hall–Kier alpha value is -2.36. The molecule has 2 rings (SSSR count). The van der Waals surface area contributed by atoms with Gasteiger partial charge >= 0.3 is 0 Å². The van der Waals surface area contributed by atoms with E-state index in [1.165, 1.54) is 19.2 Å². The minimum absolute atomic E-state index is 0.0470. The molecule has 1 heterocycles. The van der Waals surface area contributed by atoms with Crippen LogP contribution in [0.25, 0.3) is 0 Å². The highest BCUT2D eigenvalue weighted by Gasteiger charge is 2.53.